The van der Waals surface area contributed by atoms with Crippen LogP contribution in [0.25, 0.3) is 0 Å². The van der Waals surface area contributed by atoms with Crippen LogP contribution < -0.4 is 0 Å². The predicted molar refractivity (Wildman–Crippen MR) is 102 cm³/mol. The lowest BCUT2D eigenvalue weighted by atomic mass is 10.0. The maximum Gasteiger partial charge on any atom is 0.253 e. The lowest BCUT2D eigenvalue weighted by molar-refractivity contribution is 0.0697. The highest BCUT2D eigenvalue weighted by molar-refractivity contribution is 7.89. The van der Waals surface area contributed by atoms with Crippen molar-refractivity contribution in [2.45, 2.75) is 24.7 Å². The van der Waals surface area contributed by atoms with Gasteiger partial charge in [-0.1, -0.05) is 38.1 Å². The summed E-state index contributed by atoms with van der Waals surface area (Å²) in [6, 6.07) is 12.8. The van der Waals surface area contributed by atoms with Gasteiger partial charge in [-0.15, -0.1) is 0 Å². The summed E-state index contributed by atoms with van der Waals surface area (Å²) in [5.74, 6) is -0.490. The van der Waals surface area contributed by atoms with E-state index in [-0.39, 0.29) is 37.0 Å². The van der Waals surface area contributed by atoms with Crippen LogP contribution in [0.1, 0.15) is 35.7 Å². The Bertz CT molecular complexity index is 918. The Labute approximate surface area is 159 Å². The molecule has 1 aliphatic heterocycles. The lowest BCUT2D eigenvalue weighted by Gasteiger charge is -2.34. The molecule has 0 radical (unpaired) electrons. The number of nitrogens with zero attached hydrogens (tertiary/aromatic N) is 2. The van der Waals surface area contributed by atoms with Crippen LogP contribution in [-0.4, -0.2) is 49.7 Å². The molecule has 1 saturated heterocycles. The van der Waals surface area contributed by atoms with E-state index in [4.69, 9.17) is 0 Å². The number of piperazine rings is 1. The second kappa shape index (κ2) is 7.78. The minimum absolute atomic E-state index is 0.117. The molecule has 0 saturated carbocycles. The van der Waals surface area contributed by atoms with Crippen molar-refractivity contribution in [1.82, 2.24) is 9.21 Å². The minimum Gasteiger partial charge on any atom is -0.336 e. The van der Waals surface area contributed by atoms with E-state index in [9.17, 15) is 17.6 Å². The molecule has 27 heavy (non-hydrogen) atoms. The largest absolute Gasteiger partial charge is 0.336 e. The van der Waals surface area contributed by atoms with Crippen molar-refractivity contribution in [2.24, 2.45) is 0 Å². The Kier molecular flexibility index (Phi) is 5.62. The SMILES string of the molecule is CC(C)c1ccc(C(=O)N2CCN(S(=O)(=O)c3ccccc3F)CC2)cc1. The van der Waals surface area contributed by atoms with Crippen molar-refractivity contribution in [2.75, 3.05) is 26.2 Å². The summed E-state index contributed by atoms with van der Waals surface area (Å²) in [7, 11) is -3.90. The third-order valence-corrected chi connectivity index (χ3v) is 6.74. The fraction of sp³-hybridized carbons (Fsp3) is 0.350. The minimum atomic E-state index is -3.90. The molecule has 144 valence electrons. The van der Waals surface area contributed by atoms with Gasteiger partial charge < -0.3 is 4.90 Å². The van der Waals surface area contributed by atoms with Crippen LogP contribution in [0, 0.1) is 5.82 Å². The molecule has 2 aromatic carbocycles. The van der Waals surface area contributed by atoms with Crippen LogP contribution >= 0.6 is 0 Å². The lowest BCUT2D eigenvalue weighted by Crippen LogP contribution is -2.50. The molecular formula is C20H23FN2O3S. The number of hydrogen-bond donors (Lipinski definition) is 0. The Morgan fingerprint density at radius 1 is 0.963 bits per heavy atom. The Hall–Kier alpha value is -2.25. The normalized spacial score (nSPS) is 15.9. The number of amides is 1. The molecule has 0 atom stereocenters. The topological polar surface area (TPSA) is 57.7 Å². The first-order valence-electron chi connectivity index (χ1n) is 8.94. The van der Waals surface area contributed by atoms with Crippen molar-refractivity contribution < 1.29 is 17.6 Å². The van der Waals surface area contributed by atoms with Gasteiger partial charge in [-0.2, -0.15) is 4.31 Å². The van der Waals surface area contributed by atoms with Crippen LogP contribution in [-0.2, 0) is 10.0 Å². The van der Waals surface area contributed by atoms with Gasteiger partial charge in [-0.3, -0.25) is 4.79 Å². The summed E-state index contributed by atoms with van der Waals surface area (Å²) >= 11 is 0. The van der Waals surface area contributed by atoms with Crippen LogP contribution in [0.15, 0.2) is 53.4 Å². The Morgan fingerprint density at radius 3 is 2.11 bits per heavy atom. The van der Waals surface area contributed by atoms with E-state index < -0.39 is 15.8 Å². The van der Waals surface area contributed by atoms with Crippen molar-refractivity contribution in [3.63, 3.8) is 0 Å². The monoisotopic (exact) mass is 390 g/mol. The van der Waals surface area contributed by atoms with E-state index in [1.807, 2.05) is 12.1 Å². The fourth-order valence-corrected chi connectivity index (χ4v) is 4.60. The number of carbonyl (C=O) groups is 1. The highest BCUT2D eigenvalue weighted by Gasteiger charge is 2.32. The summed E-state index contributed by atoms with van der Waals surface area (Å²) in [4.78, 5) is 14.0. The van der Waals surface area contributed by atoms with Crippen molar-refractivity contribution in [3.8, 4) is 0 Å². The molecule has 5 nitrogen and oxygen atoms in total. The zero-order valence-electron chi connectivity index (χ0n) is 15.4. The van der Waals surface area contributed by atoms with Gasteiger partial charge in [0.05, 0.1) is 0 Å². The zero-order valence-corrected chi connectivity index (χ0v) is 16.2. The van der Waals surface area contributed by atoms with Crippen LogP contribution in [0.3, 0.4) is 0 Å². The van der Waals surface area contributed by atoms with Crippen LogP contribution in [0.2, 0.25) is 0 Å². The zero-order chi connectivity index (χ0) is 19.6. The van der Waals surface area contributed by atoms with Gasteiger partial charge in [0.15, 0.2) is 0 Å². The molecule has 1 fully saturated rings. The molecule has 1 heterocycles. The van der Waals surface area contributed by atoms with Gasteiger partial charge in [-0.05, 0) is 35.7 Å². The summed E-state index contributed by atoms with van der Waals surface area (Å²) < 4.78 is 40.4. The van der Waals surface area contributed by atoms with E-state index in [0.717, 1.165) is 11.6 Å². The third-order valence-electron chi connectivity index (χ3n) is 4.80. The van der Waals surface area contributed by atoms with Crippen molar-refractivity contribution in [1.29, 1.82) is 0 Å². The number of benzene rings is 2. The van der Waals surface area contributed by atoms with Crippen LogP contribution in [0.5, 0.6) is 0 Å². The summed E-state index contributed by atoms with van der Waals surface area (Å²) in [5.41, 5.74) is 1.75. The van der Waals surface area contributed by atoms with E-state index in [2.05, 4.69) is 13.8 Å². The number of carbonyl (C=O) groups excluding carboxylic acids is 1. The molecule has 0 unspecified atom stereocenters. The van der Waals surface area contributed by atoms with Gasteiger partial charge in [0.1, 0.15) is 10.7 Å². The third kappa shape index (κ3) is 4.04. The number of rotatable bonds is 4. The standard InChI is InChI=1S/C20H23FN2O3S/c1-15(2)16-7-9-17(10-8-16)20(24)22-11-13-23(14-12-22)27(25,26)19-6-4-3-5-18(19)21/h3-10,15H,11-14H2,1-2H3. The maximum atomic E-state index is 13.9. The van der Waals surface area contributed by atoms with Crippen LogP contribution in [0.4, 0.5) is 4.39 Å². The second-order valence-corrected chi connectivity index (χ2v) is 8.81. The van der Waals surface area contributed by atoms with E-state index >= 15 is 0 Å². The van der Waals surface area contributed by atoms with E-state index in [0.29, 0.717) is 11.5 Å². The van der Waals surface area contributed by atoms with Crippen molar-refractivity contribution >= 4 is 15.9 Å². The molecule has 0 bridgehead atoms. The molecule has 1 amide bonds. The summed E-state index contributed by atoms with van der Waals surface area (Å²) in [6.45, 7) is 5.02. The predicted octanol–water partition coefficient (Wildman–Crippen LogP) is 3.10. The van der Waals surface area contributed by atoms with E-state index in [1.54, 1.807) is 17.0 Å². The van der Waals surface area contributed by atoms with Gasteiger partial charge in [0.25, 0.3) is 5.91 Å². The van der Waals surface area contributed by atoms with Gasteiger partial charge >= 0.3 is 0 Å². The van der Waals surface area contributed by atoms with Crippen molar-refractivity contribution in [3.05, 3.63) is 65.5 Å². The highest BCUT2D eigenvalue weighted by Crippen LogP contribution is 2.21. The van der Waals surface area contributed by atoms with Gasteiger partial charge in [0, 0.05) is 31.7 Å². The molecule has 0 N–H and O–H groups in total. The first-order valence-corrected chi connectivity index (χ1v) is 10.4. The Morgan fingerprint density at radius 2 is 1.56 bits per heavy atom. The molecule has 0 aromatic heterocycles. The maximum absolute atomic E-state index is 13.9. The summed E-state index contributed by atoms with van der Waals surface area (Å²) in [5, 5.41) is 0. The average molecular weight is 390 g/mol. The van der Waals surface area contributed by atoms with Gasteiger partial charge in [-0.25, -0.2) is 12.8 Å². The van der Waals surface area contributed by atoms with E-state index in [1.165, 1.54) is 22.5 Å². The average Bonchev–Trinajstić information content (AvgIpc) is 2.68. The molecular weight excluding hydrogens is 367 g/mol. The number of hydrogen-bond acceptors (Lipinski definition) is 3. The Balaban J connectivity index is 1.68. The first kappa shape index (κ1) is 19.5. The molecule has 2 aromatic rings. The molecule has 3 rings (SSSR count). The first-order chi connectivity index (χ1) is 12.8. The summed E-state index contributed by atoms with van der Waals surface area (Å²) in [6.07, 6.45) is 0. The molecule has 1 aliphatic rings. The molecule has 7 heteroatoms. The van der Waals surface area contributed by atoms with Gasteiger partial charge in [0.2, 0.25) is 10.0 Å². The quantitative estimate of drug-likeness (QED) is 0.806. The molecule has 0 spiro atoms. The second-order valence-electron chi connectivity index (χ2n) is 6.90. The molecule has 0 aliphatic carbocycles. The highest BCUT2D eigenvalue weighted by atomic mass is 32.2. The number of halogens is 1. The smallest absolute Gasteiger partial charge is 0.253 e. The fourth-order valence-electron chi connectivity index (χ4n) is 3.12. The number of sulfonamides is 1.